The number of anilines is 1. The first-order valence-electron chi connectivity index (χ1n) is 15.0. The highest BCUT2D eigenvalue weighted by molar-refractivity contribution is 5.96. The van der Waals surface area contributed by atoms with Crippen LogP contribution in [0.3, 0.4) is 0 Å². The minimum Gasteiger partial charge on any atom is -0.491 e. The molecule has 2 aromatic carbocycles. The highest BCUT2D eigenvalue weighted by Gasteiger charge is 2.22. The molecule has 1 heterocycles. The Morgan fingerprint density at radius 2 is 1.47 bits per heavy atom. The Kier molecular flexibility index (Phi) is 12.7. The number of hydrogen-bond donors (Lipinski definition) is 1. The highest BCUT2D eigenvalue weighted by atomic mass is 16.5. The van der Waals surface area contributed by atoms with Crippen molar-refractivity contribution >= 4 is 22.6 Å². The van der Waals surface area contributed by atoms with Crippen molar-refractivity contribution < 1.29 is 9.53 Å². The number of benzene rings is 2. The zero-order valence-electron chi connectivity index (χ0n) is 24.2. The number of rotatable bonds is 18. The molecule has 0 bridgehead atoms. The second-order valence-corrected chi connectivity index (χ2v) is 10.8. The van der Waals surface area contributed by atoms with Crippen LogP contribution in [0.1, 0.15) is 110 Å². The summed E-state index contributed by atoms with van der Waals surface area (Å²) in [6.45, 7) is 7.14. The van der Waals surface area contributed by atoms with E-state index in [2.05, 4.69) is 19.2 Å². The van der Waals surface area contributed by atoms with Crippen molar-refractivity contribution in [1.82, 2.24) is 9.55 Å². The molecule has 1 amide bonds. The molecule has 5 heteroatoms. The predicted molar refractivity (Wildman–Crippen MR) is 160 cm³/mol. The molecule has 1 N–H and O–H groups in total. The Morgan fingerprint density at radius 1 is 0.868 bits per heavy atom. The van der Waals surface area contributed by atoms with Gasteiger partial charge >= 0.3 is 0 Å². The molecule has 0 fully saturated rings. The van der Waals surface area contributed by atoms with Gasteiger partial charge < -0.3 is 14.6 Å². The van der Waals surface area contributed by atoms with Crippen LogP contribution in [0.5, 0.6) is 5.75 Å². The lowest BCUT2D eigenvalue weighted by atomic mass is 9.95. The summed E-state index contributed by atoms with van der Waals surface area (Å²) < 4.78 is 8.38. The van der Waals surface area contributed by atoms with E-state index in [4.69, 9.17) is 9.72 Å². The van der Waals surface area contributed by atoms with Crippen LogP contribution in [-0.4, -0.2) is 22.1 Å². The maximum atomic E-state index is 13.3. The molecule has 3 rings (SSSR count). The number of aryl methyl sites for hydroxylation is 1. The van der Waals surface area contributed by atoms with E-state index in [-0.39, 0.29) is 11.8 Å². The number of aromatic nitrogens is 2. The van der Waals surface area contributed by atoms with Crippen LogP contribution in [0.25, 0.3) is 11.0 Å². The fourth-order valence-corrected chi connectivity index (χ4v) is 5.20. The van der Waals surface area contributed by atoms with E-state index in [1.54, 1.807) is 0 Å². The maximum Gasteiger partial charge on any atom is 0.234 e. The molecule has 0 aliphatic heterocycles. The number of nitrogens with zero attached hydrogens (tertiary/aromatic N) is 2. The normalized spacial score (nSPS) is 12.9. The molecule has 0 saturated carbocycles. The van der Waals surface area contributed by atoms with Gasteiger partial charge in [-0.3, -0.25) is 4.79 Å². The summed E-state index contributed by atoms with van der Waals surface area (Å²) in [7, 11) is 1.97. The van der Waals surface area contributed by atoms with Crippen LogP contribution in [0.15, 0.2) is 48.5 Å². The van der Waals surface area contributed by atoms with Gasteiger partial charge in [0, 0.05) is 7.05 Å². The van der Waals surface area contributed by atoms with Crippen molar-refractivity contribution in [2.45, 2.75) is 104 Å². The summed E-state index contributed by atoms with van der Waals surface area (Å²) in [5.74, 6) is 1.59. The molecule has 0 aliphatic carbocycles. The van der Waals surface area contributed by atoms with Crippen LogP contribution < -0.4 is 10.1 Å². The van der Waals surface area contributed by atoms with Crippen LogP contribution in [-0.2, 0) is 11.8 Å². The van der Waals surface area contributed by atoms with Gasteiger partial charge in [0.05, 0.1) is 29.2 Å². The fourth-order valence-electron chi connectivity index (χ4n) is 5.20. The van der Waals surface area contributed by atoms with E-state index < -0.39 is 0 Å². The van der Waals surface area contributed by atoms with E-state index in [0.29, 0.717) is 12.5 Å². The van der Waals surface area contributed by atoms with Crippen LogP contribution in [0.4, 0.5) is 5.69 Å². The van der Waals surface area contributed by atoms with Crippen molar-refractivity contribution in [3.63, 3.8) is 0 Å². The van der Waals surface area contributed by atoms with Gasteiger partial charge in [0.1, 0.15) is 11.6 Å². The molecule has 0 aliphatic rings. The van der Waals surface area contributed by atoms with Gasteiger partial charge in [-0.2, -0.15) is 0 Å². The number of fused-ring (bicyclic) bond motifs is 1. The number of amides is 1. The molecule has 5 nitrogen and oxygen atoms in total. The number of nitrogens with one attached hydrogen (secondary N) is 1. The van der Waals surface area contributed by atoms with Gasteiger partial charge in [0.25, 0.3) is 0 Å². The molecule has 1 aromatic heterocycles. The summed E-state index contributed by atoms with van der Waals surface area (Å²) in [6, 6.07) is 15.8. The molecule has 2 atom stereocenters. The molecule has 38 heavy (non-hydrogen) atoms. The fraction of sp³-hybridized carbons (Fsp3) is 0.576. The number of unbranched alkanes of at least 4 members (excludes halogenated alkanes) is 8. The second-order valence-electron chi connectivity index (χ2n) is 10.8. The van der Waals surface area contributed by atoms with Crippen molar-refractivity contribution in [2.75, 3.05) is 11.9 Å². The van der Waals surface area contributed by atoms with Crippen LogP contribution in [0, 0.1) is 5.92 Å². The van der Waals surface area contributed by atoms with E-state index >= 15 is 0 Å². The van der Waals surface area contributed by atoms with Gasteiger partial charge in [-0.25, -0.2) is 4.98 Å². The van der Waals surface area contributed by atoms with Crippen LogP contribution in [0.2, 0.25) is 0 Å². The number of carbonyl (C=O) groups is 1. The minimum atomic E-state index is -0.389. The third kappa shape index (κ3) is 8.89. The Bertz CT molecular complexity index is 1110. The molecule has 208 valence electrons. The summed E-state index contributed by atoms with van der Waals surface area (Å²) in [5, 5.41) is 3.12. The maximum absolute atomic E-state index is 13.3. The molecular formula is C33H49N3O2. The Hall–Kier alpha value is -2.82. The lowest BCUT2D eigenvalue weighted by Gasteiger charge is -2.20. The SMILES string of the molecule is CCCCCCCCC(CCCCCC)COc1ccccc1NC(=O)C(C)c1nc2ccccc2n1C. The van der Waals surface area contributed by atoms with Gasteiger partial charge in [0.15, 0.2) is 0 Å². The summed E-state index contributed by atoms with van der Waals surface area (Å²) >= 11 is 0. The second kappa shape index (κ2) is 16.2. The van der Waals surface area contributed by atoms with Gasteiger partial charge in [-0.05, 0) is 49.9 Å². The number of carbonyl (C=O) groups excluding carboxylic acids is 1. The van der Waals surface area contributed by atoms with Crippen molar-refractivity contribution in [3.05, 3.63) is 54.4 Å². The molecule has 3 aromatic rings. The number of hydrogen-bond acceptors (Lipinski definition) is 3. The number of imidazole rings is 1. The van der Waals surface area contributed by atoms with Crippen LogP contribution >= 0.6 is 0 Å². The van der Waals surface area contributed by atoms with E-state index in [9.17, 15) is 4.79 Å². The molecular weight excluding hydrogens is 470 g/mol. The average Bonchev–Trinajstić information content (AvgIpc) is 3.27. The first-order valence-corrected chi connectivity index (χ1v) is 15.0. The average molecular weight is 520 g/mol. The first kappa shape index (κ1) is 29.7. The Balaban J connectivity index is 1.60. The Morgan fingerprint density at radius 3 is 2.18 bits per heavy atom. The van der Waals surface area contributed by atoms with Gasteiger partial charge in [-0.1, -0.05) is 102 Å². The lowest BCUT2D eigenvalue weighted by Crippen LogP contribution is -2.22. The van der Waals surface area contributed by atoms with E-state index in [1.807, 2.05) is 67.1 Å². The largest absolute Gasteiger partial charge is 0.491 e. The molecule has 0 radical (unpaired) electrons. The Labute approximate surface area is 230 Å². The van der Waals surface area contributed by atoms with Gasteiger partial charge in [-0.15, -0.1) is 0 Å². The molecule has 0 spiro atoms. The molecule has 0 saturated heterocycles. The lowest BCUT2D eigenvalue weighted by molar-refractivity contribution is -0.117. The van der Waals surface area contributed by atoms with E-state index in [1.165, 1.54) is 77.0 Å². The quantitative estimate of drug-likeness (QED) is 0.171. The van der Waals surface area contributed by atoms with Crippen molar-refractivity contribution in [1.29, 1.82) is 0 Å². The zero-order valence-corrected chi connectivity index (χ0v) is 24.2. The third-order valence-electron chi connectivity index (χ3n) is 7.65. The number of ether oxygens (including phenoxy) is 1. The van der Waals surface area contributed by atoms with Gasteiger partial charge in [0.2, 0.25) is 5.91 Å². The third-order valence-corrected chi connectivity index (χ3v) is 7.65. The standard InChI is InChI=1S/C33H49N3O2/c1-5-7-9-11-12-14-20-27(19-13-10-8-6-2)25-38-31-24-18-16-22-29(31)35-33(37)26(3)32-34-28-21-15-17-23-30(28)36(32)4/h15-18,21-24,26-27H,5-14,19-20,25H2,1-4H3,(H,35,37). The number of para-hydroxylation sites is 4. The zero-order chi connectivity index (χ0) is 27.2. The van der Waals surface area contributed by atoms with E-state index in [0.717, 1.165) is 28.3 Å². The topological polar surface area (TPSA) is 56.1 Å². The molecule has 2 unspecified atom stereocenters. The monoisotopic (exact) mass is 519 g/mol. The van der Waals surface area contributed by atoms with Crippen molar-refractivity contribution in [2.24, 2.45) is 13.0 Å². The first-order chi connectivity index (χ1) is 18.5. The van der Waals surface area contributed by atoms with Crippen molar-refractivity contribution in [3.8, 4) is 5.75 Å². The minimum absolute atomic E-state index is 0.0809. The predicted octanol–water partition coefficient (Wildman–Crippen LogP) is 9.03. The highest BCUT2D eigenvalue weighted by Crippen LogP contribution is 2.28. The smallest absolute Gasteiger partial charge is 0.234 e. The summed E-state index contributed by atoms with van der Waals surface area (Å²) in [4.78, 5) is 18.0. The summed E-state index contributed by atoms with van der Waals surface area (Å²) in [6.07, 6.45) is 15.5. The summed E-state index contributed by atoms with van der Waals surface area (Å²) in [5.41, 5.74) is 2.66.